The molecule has 0 aliphatic rings. The standard InChI is InChI=1S/C13H19BrOS/c1-2-3-4-5-6-7-8-13(15)11-9-16-10-12(11)14/h9-10H,2-8H2,1H3. The van der Waals surface area contributed by atoms with Crippen molar-refractivity contribution in [3.8, 4) is 0 Å². The molecule has 16 heavy (non-hydrogen) atoms. The second-order valence-corrected chi connectivity index (χ2v) is 5.67. The summed E-state index contributed by atoms with van der Waals surface area (Å²) in [6.45, 7) is 2.22. The van der Waals surface area contributed by atoms with Gasteiger partial charge in [0.15, 0.2) is 5.78 Å². The lowest BCUT2D eigenvalue weighted by Crippen LogP contribution is -1.97. The topological polar surface area (TPSA) is 17.1 Å². The molecule has 0 amide bonds. The fraction of sp³-hybridized carbons (Fsp3) is 0.615. The first-order chi connectivity index (χ1) is 7.75. The Kier molecular flexibility index (Phi) is 6.97. The molecule has 0 unspecified atom stereocenters. The predicted octanol–water partition coefficient (Wildman–Crippen LogP) is 5.44. The number of thiophene rings is 1. The summed E-state index contributed by atoms with van der Waals surface area (Å²) in [6.07, 6.45) is 8.10. The maximum absolute atomic E-state index is 11.8. The van der Waals surface area contributed by atoms with Crippen molar-refractivity contribution in [1.29, 1.82) is 0 Å². The lowest BCUT2D eigenvalue weighted by atomic mass is 10.1. The molecule has 0 fully saturated rings. The molecular formula is C13H19BrOS. The number of hydrogen-bond donors (Lipinski definition) is 0. The van der Waals surface area contributed by atoms with E-state index in [4.69, 9.17) is 0 Å². The van der Waals surface area contributed by atoms with Crippen molar-refractivity contribution in [2.75, 3.05) is 0 Å². The molecule has 1 rings (SSSR count). The van der Waals surface area contributed by atoms with Gasteiger partial charge in [-0.25, -0.2) is 0 Å². The molecule has 1 heterocycles. The van der Waals surface area contributed by atoms with Gasteiger partial charge in [0.25, 0.3) is 0 Å². The van der Waals surface area contributed by atoms with Crippen LogP contribution in [0, 0.1) is 0 Å². The minimum absolute atomic E-state index is 0.281. The Morgan fingerprint density at radius 3 is 2.50 bits per heavy atom. The molecule has 1 nitrogen and oxygen atoms in total. The van der Waals surface area contributed by atoms with E-state index in [0.717, 1.165) is 16.5 Å². The summed E-state index contributed by atoms with van der Waals surface area (Å²) in [6, 6.07) is 0. The number of halogens is 1. The molecule has 0 saturated carbocycles. The zero-order valence-electron chi connectivity index (χ0n) is 9.80. The SMILES string of the molecule is CCCCCCCCC(=O)c1cscc1Br. The second-order valence-electron chi connectivity index (χ2n) is 4.07. The molecule has 0 spiro atoms. The van der Waals surface area contributed by atoms with Crippen LogP contribution in [0.1, 0.15) is 62.2 Å². The Morgan fingerprint density at radius 1 is 1.19 bits per heavy atom. The van der Waals surface area contributed by atoms with Crippen LogP contribution in [0.4, 0.5) is 0 Å². The normalized spacial score (nSPS) is 10.6. The predicted molar refractivity (Wildman–Crippen MR) is 74.3 cm³/mol. The van der Waals surface area contributed by atoms with Gasteiger partial charge in [0.2, 0.25) is 0 Å². The van der Waals surface area contributed by atoms with Gasteiger partial charge in [-0.1, -0.05) is 39.0 Å². The lowest BCUT2D eigenvalue weighted by molar-refractivity contribution is 0.0979. The van der Waals surface area contributed by atoms with Gasteiger partial charge in [0, 0.05) is 27.2 Å². The van der Waals surface area contributed by atoms with E-state index in [1.54, 1.807) is 11.3 Å². The molecule has 1 aromatic heterocycles. The number of carbonyl (C=O) groups is 1. The number of unbranched alkanes of at least 4 members (excludes halogenated alkanes) is 5. The fourth-order valence-corrected chi connectivity index (χ4v) is 3.20. The molecule has 90 valence electrons. The van der Waals surface area contributed by atoms with Crippen LogP contribution >= 0.6 is 27.3 Å². The van der Waals surface area contributed by atoms with Crippen LogP contribution in [0.3, 0.4) is 0 Å². The first kappa shape index (κ1) is 13.9. The Labute approximate surface area is 110 Å². The van der Waals surface area contributed by atoms with E-state index in [0.29, 0.717) is 6.42 Å². The number of ketones is 1. The average molecular weight is 303 g/mol. The number of rotatable bonds is 8. The zero-order valence-corrected chi connectivity index (χ0v) is 12.2. The Bertz CT molecular complexity index is 319. The molecule has 0 aliphatic heterocycles. The van der Waals surface area contributed by atoms with E-state index in [2.05, 4.69) is 22.9 Å². The molecule has 0 bridgehead atoms. The number of hydrogen-bond acceptors (Lipinski definition) is 2. The average Bonchev–Trinajstić information content (AvgIpc) is 2.69. The van der Waals surface area contributed by atoms with Gasteiger partial charge in [-0.05, 0) is 22.4 Å². The maximum Gasteiger partial charge on any atom is 0.164 e. The first-order valence-electron chi connectivity index (χ1n) is 6.00. The molecule has 0 radical (unpaired) electrons. The fourth-order valence-electron chi connectivity index (χ4n) is 1.68. The second kappa shape index (κ2) is 8.02. The summed E-state index contributed by atoms with van der Waals surface area (Å²) >= 11 is 4.98. The summed E-state index contributed by atoms with van der Waals surface area (Å²) < 4.78 is 0.952. The lowest BCUT2D eigenvalue weighted by Gasteiger charge is -2.00. The first-order valence-corrected chi connectivity index (χ1v) is 7.74. The van der Waals surface area contributed by atoms with Crippen molar-refractivity contribution < 1.29 is 4.79 Å². The van der Waals surface area contributed by atoms with Crippen LogP contribution < -0.4 is 0 Å². The smallest absolute Gasteiger partial charge is 0.164 e. The highest BCUT2D eigenvalue weighted by molar-refractivity contribution is 9.10. The summed E-state index contributed by atoms with van der Waals surface area (Å²) in [7, 11) is 0. The van der Waals surface area contributed by atoms with E-state index in [9.17, 15) is 4.79 Å². The maximum atomic E-state index is 11.8. The highest BCUT2D eigenvalue weighted by Gasteiger charge is 2.09. The Hall–Kier alpha value is -0.150. The molecular weight excluding hydrogens is 284 g/mol. The third kappa shape index (κ3) is 4.79. The molecule has 0 aromatic carbocycles. The minimum Gasteiger partial charge on any atom is -0.294 e. The van der Waals surface area contributed by atoms with Crippen molar-refractivity contribution >= 4 is 33.0 Å². The quantitative estimate of drug-likeness (QED) is 0.461. The van der Waals surface area contributed by atoms with Gasteiger partial charge in [-0.3, -0.25) is 4.79 Å². The van der Waals surface area contributed by atoms with Crippen molar-refractivity contribution in [1.82, 2.24) is 0 Å². The van der Waals surface area contributed by atoms with Crippen LogP contribution in [0.2, 0.25) is 0 Å². The molecule has 0 aliphatic carbocycles. The monoisotopic (exact) mass is 302 g/mol. The summed E-state index contributed by atoms with van der Waals surface area (Å²) in [5, 5.41) is 3.90. The van der Waals surface area contributed by atoms with Crippen molar-refractivity contribution in [3.05, 3.63) is 20.8 Å². The van der Waals surface area contributed by atoms with Gasteiger partial charge in [0.1, 0.15) is 0 Å². The molecule has 3 heteroatoms. The van der Waals surface area contributed by atoms with Gasteiger partial charge < -0.3 is 0 Å². The largest absolute Gasteiger partial charge is 0.294 e. The van der Waals surface area contributed by atoms with E-state index in [1.807, 2.05) is 10.8 Å². The summed E-state index contributed by atoms with van der Waals surface area (Å²) in [4.78, 5) is 11.8. The van der Waals surface area contributed by atoms with Crippen molar-refractivity contribution in [2.24, 2.45) is 0 Å². The number of Topliss-reactive ketones (excluding diaryl/α,β-unsaturated/α-hetero) is 1. The Morgan fingerprint density at radius 2 is 1.88 bits per heavy atom. The Balaban J connectivity index is 2.14. The molecule has 1 aromatic rings. The van der Waals surface area contributed by atoms with Gasteiger partial charge in [-0.2, -0.15) is 11.3 Å². The third-order valence-electron chi connectivity index (χ3n) is 2.67. The van der Waals surface area contributed by atoms with Crippen molar-refractivity contribution in [3.63, 3.8) is 0 Å². The van der Waals surface area contributed by atoms with Crippen LogP contribution in [-0.4, -0.2) is 5.78 Å². The van der Waals surface area contributed by atoms with Crippen molar-refractivity contribution in [2.45, 2.75) is 51.9 Å². The molecule has 0 atom stereocenters. The molecule has 0 saturated heterocycles. The highest BCUT2D eigenvalue weighted by Crippen LogP contribution is 2.23. The van der Waals surface area contributed by atoms with Crippen LogP contribution in [0.25, 0.3) is 0 Å². The van der Waals surface area contributed by atoms with Crippen LogP contribution in [0.5, 0.6) is 0 Å². The van der Waals surface area contributed by atoms with E-state index < -0.39 is 0 Å². The zero-order chi connectivity index (χ0) is 11.8. The van der Waals surface area contributed by atoms with Gasteiger partial charge in [-0.15, -0.1) is 0 Å². The molecule has 0 N–H and O–H groups in total. The van der Waals surface area contributed by atoms with Crippen LogP contribution in [0.15, 0.2) is 15.2 Å². The minimum atomic E-state index is 0.281. The van der Waals surface area contributed by atoms with E-state index in [-0.39, 0.29) is 5.78 Å². The van der Waals surface area contributed by atoms with E-state index >= 15 is 0 Å². The highest BCUT2D eigenvalue weighted by atomic mass is 79.9. The van der Waals surface area contributed by atoms with Crippen LogP contribution in [-0.2, 0) is 0 Å². The third-order valence-corrected chi connectivity index (χ3v) is 4.38. The number of carbonyl (C=O) groups excluding carboxylic acids is 1. The van der Waals surface area contributed by atoms with E-state index in [1.165, 1.54) is 32.1 Å². The van der Waals surface area contributed by atoms with Gasteiger partial charge >= 0.3 is 0 Å². The summed E-state index contributed by atoms with van der Waals surface area (Å²) in [5.74, 6) is 0.281. The summed E-state index contributed by atoms with van der Waals surface area (Å²) in [5.41, 5.74) is 0.860. The van der Waals surface area contributed by atoms with Gasteiger partial charge in [0.05, 0.1) is 0 Å².